The highest BCUT2D eigenvalue weighted by Crippen LogP contribution is 2.32. The number of allylic oxidation sites excluding steroid dienone is 2. The second-order valence-corrected chi connectivity index (χ2v) is 8.94. The van der Waals surface area contributed by atoms with Gasteiger partial charge in [-0.05, 0) is 52.4 Å². The van der Waals surface area contributed by atoms with Crippen LogP contribution >= 0.6 is 11.3 Å². The second-order valence-electron chi connectivity index (χ2n) is 6.40. The van der Waals surface area contributed by atoms with Gasteiger partial charge in [0.15, 0.2) is 21.5 Å². The average Bonchev–Trinajstić information content (AvgIpc) is 3.27. The van der Waals surface area contributed by atoms with E-state index in [4.69, 9.17) is 9.47 Å². The molecule has 8 heteroatoms. The summed E-state index contributed by atoms with van der Waals surface area (Å²) in [7, 11) is -1.16. The van der Waals surface area contributed by atoms with Crippen LogP contribution in [0, 0.1) is 0 Å². The van der Waals surface area contributed by atoms with Crippen LogP contribution in [0.1, 0.15) is 11.1 Å². The van der Waals surface area contributed by atoms with Crippen molar-refractivity contribution in [1.82, 2.24) is 0 Å². The minimum absolute atomic E-state index is 0.0914. The van der Waals surface area contributed by atoms with Crippen molar-refractivity contribution in [3.8, 4) is 22.6 Å². The fourth-order valence-corrected chi connectivity index (χ4v) is 4.61. The van der Waals surface area contributed by atoms with Crippen molar-refractivity contribution in [1.29, 1.82) is 0 Å². The van der Waals surface area contributed by atoms with Gasteiger partial charge in [0, 0.05) is 5.56 Å². The smallest absolute Gasteiger partial charge is 0.304 e. The van der Waals surface area contributed by atoms with Gasteiger partial charge in [0.1, 0.15) is 0 Å². The minimum Gasteiger partial charge on any atom is -0.493 e. The zero-order valence-corrected chi connectivity index (χ0v) is 18.4. The number of ketones is 1. The average molecular weight is 457 g/mol. The molecule has 3 aromatic rings. The van der Waals surface area contributed by atoms with Crippen LogP contribution in [0.25, 0.3) is 23.3 Å². The lowest BCUT2D eigenvalue weighted by molar-refractivity contribution is -0.110. The lowest BCUT2D eigenvalue weighted by Gasteiger charge is -2.07. The topological polar surface area (TPSA) is 89.9 Å². The summed E-state index contributed by atoms with van der Waals surface area (Å²) in [5, 5.41) is 1.61. The molecule has 0 aliphatic carbocycles. The van der Waals surface area contributed by atoms with E-state index in [1.165, 1.54) is 12.2 Å². The number of hydrogen-bond donors (Lipinski definition) is 1. The van der Waals surface area contributed by atoms with Crippen LogP contribution in [0.2, 0.25) is 0 Å². The third-order valence-corrected chi connectivity index (χ3v) is 6.69. The van der Waals surface area contributed by atoms with Gasteiger partial charge in [-0.25, -0.2) is 0 Å². The maximum absolute atomic E-state index is 12.2. The summed E-state index contributed by atoms with van der Waals surface area (Å²) in [6.07, 6.45) is 6.25. The van der Waals surface area contributed by atoms with Gasteiger partial charge in [0.25, 0.3) is 0 Å². The Labute approximate surface area is 184 Å². The van der Waals surface area contributed by atoms with E-state index in [1.54, 1.807) is 74.2 Å². The summed E-state index contributed by atoms with van der Waals surface area (Å²) in [5.41, 5.74) is 2.68. The molecule has 0 spiro atoms. The third kappa shape index (κ3) is 5.69. The molecule has 2 aromatic carbocycles. The van der Waals surface area contributed by atoms with Crippen LogP contribution in [-0.2, 0) is 14.9 Å². The second kappa shape index (κ2) is 9.74. The van der Waals surface area contributed by atoms with Gasteiger partial charge < -0.3 is 9.47 Å². The van der Waals surface area contributed by atoms with Gasteiger partial charge >= 0.3 is 10.1 Å². The van der Waals surface area contributed by atoms with Crippen molar-refractivity contribution in [2.24, 2.45) is 0 Å². The molecule has 0 unspecified atom stereocenters. The molecule has 0 saturated carbocycles. The summed E-state index contributed by atoms with van der Waals surface area (Å²) in [5.74, 6) is 1.00. The lowest BCUT2D eigenvalue weighted by atomic mass is 10.1. The Hall–Kier alpha value is -3.20. The van der Waals surface area contributed by atoms with Crippen LogP contribution in [0.3, 0.4) is 0 Å². The van der Waals surface area contributed by atoms with E-state index in [2.05, 4.69) is 0 Å². The number of thiophene rings is 1. The number of ether oxygens (including phenoxy) is 2. The van der Waals surface area contributed by atoms with E-state index in [9.17, 15) is 17.8 Å². The highest BCUT2D eigenvalue weighted by atomic mass is 32.3. The van der Waals surface area contributed by atoms with Crippen molar-refractivity contribution in [3.05, 3.63) is 77.2 Å². The lowest BCUT2D eigenvalue weighted by Crippen LogP contribution is -1.96. The van der Waals surface area contributed by atoms with Crippen molar-refractivity contribution in [2.75, 3.05) is 14.2 Å². The maximum atomic E-state index is 12.2. The molecule has 1 N–H and O–H groups in total. The zero-order valence-electron chi connectivity index (χ0n) is 16.8. The van der Waals surface area contributed by atoms with Gasteiger partial charge in [-0.1, -0.05) is 42.5 Å². The fraction of sp³-hybridized carbons (Fsp3) is 0.0870. The molecule has 0 aliphatic rings. The minimum atomic E-state index is -4.27. The van der Waals surface area contributed by atoms with Gasteiger partial charge in [-0.15, -0.1) is 11.3 Å². The molecule has 0 aliphatic heterocycles. The summed E-state index contributed by atoms with van der Waals surface area (Å²) in [4.78, 5) is 12.2. The quantitative estimate of drug-likeness (QED) is 0.380. The molecule has 6 nitrogen and oxygen atoms in total. The van der Waals surface area contributed by atoms with E-state index >= 15 is 0 Å². The van der Waals surface area contributed by atoms with Crippen molar-refractivity contribution in [3.63, 3.8) is 0 Å². The standard InChI is InChI=1S/C23H20O6S2/c1-28-21-12-7-17(15-22(21)29-2)6-11-19(24)10-5-16-3-8-18(9-4-16)20-13-14-30-23(20)31(25,26)27/h3-15H,1-2H3,(H,25,26,27)/b10-5+,11-6+. The Kier molecular flexibility index (Phi) is 7.06. The SMILES string of the molecule is COc1ccc(/C=C/C(=O)/C=C/c2ccc(-c3ccsc3S(=O)(=O)O)cc2)cc1OC. The van der Waals surface area contributed by atoms with Gasteiger partial charge in [-0.2, -0.15) is 8.42 Å². The predicted molar refractivity (Wildman–Crippen MR) is 122 cm³/mol. The van der Waals surface area contributed by atoms with E-state index in [0.29, 0.717) is 22.6 Å². The Morgan fingerprint density at radius 3 is 2.13 bits per heavy atom. The summed E-state index contributed by atoms with van der Waals surface area (Å²) < 4.78 is 42.6. The van der Waals surface area contributed by atoms with E-state index in [0.717, 1.165) is 22.5 Å². The molecule has 0 saturated heterocycles. The Morgan fingerprint density at radius 2 is 1.52 bits per heavy atom. The molecular formula is C23H20O6S2. The van der Waals surface area contributed by atoms with E-state index in [1.807, 2.05) is 6.07 Å². The number of methoxy groups -OCH3 is 2. The first-order valence-corrected chi connectivity index (χ1v) is 11.4. The van der Waals surface area contributed by atoms with Crippen LogP contribution in [0.5, 0.6) is 11.5 Å². The number of hydrogen-bond acceptors (Lipinski definition) is 6. The largest absolute Gasteiger partial charge is 0.493 e. The first-order valence-electron chi connectivity index (χ1n) is 9.09. The summed E-state index contributed by atoms with van der Waals surface area (Å²) in [6.45, 7) is 0. The van der Waals surface area contributed by atoms with Crippen LogP contribution in [0.15, 0.2) is 70.3 Å². The van der Waals surface area contributed by atoms with Gasteiger partial charge in [0.05, 0.1) is 14.2 Å². The molecule has 0 atom stereocenters. The molecular weight excluding hydrogens is 436 g/mol. The number of rotatable bonds is 8. The zero-order chi connectivity index (χ0) is 22.4. The normalized spacial score (nSPS) is 11.8. The van der Waals surface area contributed by atoms with Gasteiger partial charge in [-0.3, -0.25) is 9.35 Å². The molecule has 31 heavy (non-hydrogen) atoms. The van der Waals surface area contributed by atoms with Crippen molar-refractivity contribution >= 4 is 39.4 Å². The van der Waals surface area contributed by atoms with Crippen molar-refractivity contribution in [2.45, 2.75) is 4.21 Å². The van der Waals surface area contributed by atoms with Gasteiger partial charge in [0.2, 0.25) is 0 Å². The molecule has 3 rings (SSSR count). The molecule has 0 radical (unpaired) electrons. The monoisotopic (exact) mass is 456 g/mol. The Morgan fingerprint density at radius 1 is 0.903 bits per heavy atom. The number of carbonyl (C=O) groups is 1. The highest BCUT2D eigenvalue weighted by Gasteiger charge is 2.18. The highest BCUT2D eigenvalue weighted by molar-refractivity contribution is 7.88. The van der Waals surface area contributed by atoms with E-state index < -0.39 is 10.1 Å². The Bertz CT molecular complexity index is 1240. The fourth-order valence-electron chi connectivity index (χ4n) is 2.85. The third-order valence-electron chi connectivity index (χ3n) is 4.37. The molecule has 0 fully saturated rings. The van der Waals surface area contributed by atoms with Crippen LogP contribution < -0.4 is 9.47 Å². The van der Waals surface area contributed by atoms with E-state index in [-0.39, 0.29) is 9.99 Å². The summed E-state index contributed by atoms with van der Waals surface area (Å²) >= 11 is 0.958. The van der Waals surface area contributed by atoms with Crippen LogP contribution in [-0.4, -0.2) is 33.0 Å². The number of benzene rings is 2. The molecule has 1 aromatic heterocycles. The van der Waals surface area contributed by atoms with Crippen molar-refractivity contribution < 1.29 is 27.2 Å². The van der Waals surface area contributed by atoms with Crippen LogP contribution in [0.4, 0.5) is 0 Å². The predicted octanol–water partition coefficient (Wildman–Crippen LogP) is 4.97. The first-order chi connectivity index (χ1) is 14.8. The first kappa shape index (κ1) is 22.5. The summed E-state index contributed by atoms with van der Waals surface area (Å²) in [6, 6.07) is 14.0. The molecule has 1 heterocycles. The maximum Gasteiger partial charge on any atom is 0.304 e. The Balaban J connectivity index is 1.69. The molecule has 0 bridgehead atoms. The molecule has 0 amide bonds. The molecule has 160 valence electrons. The number of carbonyl (C=O) groups excluding carboxylic acids is 1.